The topological polar surface area (TPSA) is 45.0 Å². The molecule has 0 saturated heterocycles. The SMILES string of the molecule is COc1ccccc1C(C)NCc1ccc(C#N)cc1. The zero-order valence-electron chi connectivity index (χ0n) is 11.8. The predicted molar refractivity (Wildman–Crippen MR) is 79.4 cm³/mol. The minimum absolute atomic E-state index is 0.196. The number of nitriles is 1. The smallest absolute Gasteiger partial charge is 0.123 e. The number of nitrogens with one attached hydrogen (secondary N) is 1. The molecule has 2 rings (SSSR count). The molecule has 2 aromatic rings. The van der Waals surface area contributed by atoms with Crippen molar-refractivity contribution in [1.29, 1.82) is 5.26 Å². The van der Waals surface area contributed by atoms with Gasteiger partial charge in [0.05, 0.1) is 18.7 Å². The Morgan fingerprint density at radius 2 is 1.85 bits per heavy atom. The lowest BCUT2D eigenvalue weighted by molar-refractivity contribution is 0.401. The van der Waals surface area contributed by atoms with Gasteiger partial charge in [0.15, 0.2) is 0 Å². The highest BCUT2D eigenvalue weighted by Crippen LogP contribution is 2.24. The van der Waals surface area contributed by atoms with Gasteiger partial charge in [0, 0.05) is 18.2 Å². The van der Waals surface area contributed by atoms with Gasteiger partial charge < -0.3 is 10.1 Å². The Labute approximate surface area is 119 Å². The summed E-state index contributed by atoms with van der Waals surface area (Å²) in [5.74, 6) is 0.896. The molecular formula is C17H18N2O. The maximum atomic E-state index is 8.77. The summed E-state index contributed by atoms with van der Waals surface area (Å²) in [7, 11) is 1.69. The number of rotatable bonds is 5. The molecule has 20 heavy (non-hydrogen) atoms. The maximum Gasteiger partial charge on any atom is 0.123 e. The third kappa shape index (κ3) is 3.37. The van der Waals surface area contributed by atoms with E-state index in [1.54, 1.807) is 7.11 Å². The third-order valence-corrected chi connectivity index (χ3v) is 3.30. The predicted octanol–water partition coefficient (Wildman–Crippen LogP) is 3.42. The second-order valence-corrected chi connectivity index (χ2v) is 4.65. The zero-order valence-corrected chi connectivity index (χ0v) is 11.8. The van der Waals surface area contributed by atoms with Crippen LogP contribution in [0, 0.1) is 11.3 Å². The molecule has 2 aromatic carbocycles. The molecule has 0 spiro atoms. The van der Waals surface area contributed by atoms with Crippen molar-refractivity contribution in [2.75, 3.05) is 7.11 Å². The Morgan fingerprint density at radius 1 is 1.15 bits per heavy atom. The van der Waals surface area contributed by atoms with E-state index in [1.165, 1.54) is 0 Å². The highest BCUT2D eigenvalue weighted by Gasteiger charge is 2.09. The van der Waals surface area contributed by atoms with Gasteiger partial charge in [0.1, 0.15) is 5.75 Å². The van der Waals surface area contributed by atoms with Crippen LogP contribution in [0.4, 0.5) is 0 Å². The van der Waals surface area contributed by atoms with Gasteiger partial charge in [0.25, 0.3) is 0 Å². The molecule has 0 radical (unpaired) electrons. The molecule has 1 unspecified atom stereocenters. The number of para-hydroxylation sites is 1. The maximum absolute atomic E-state index is 8.77. The summed E-state index contributed by atoms with van der Waals surface area (Å²) in [6, 6.07) is 18.0. The molecule has 0 amide bonds. The fourth-order valence-corrected chi connectivity index (χ4v) is 2.10. The lowest BCUT2D eigenvalue weighted by Gasteiger charge is -2.17. The number of hydrogen-bond donors (Lipinski definition) is 1. The van der Waals surface area contributed by atoms with E-state index in [1.807, 2.05) is 42.5 Å². The Kier molecular flexibility index (Phi) is 4.75. The lowest BCUT2D eigenvalue weighted by atomic mass is 10.1. The molecule has 0 heterocycles. The zero-order chi connectivity index (χ0) is 14.4. The first-order chi connectivity index (χ1) is 9.74. The largest absolute Gasteiger partial charge is 0.496 e. The molecule has 1 atom stereocenters. The molecule has 0 aliphatic heterocycles. The number of benzene rings is 2. The van der Waals surface area contributed by atoms with E-state index in [4.69, 9.17) is 10.00 Å². The van der Waals surface area contributed by atoms with E-state index in [-0.39, 0.29) is 6.04 Å². The van der Waals surface area contributed by atoms with E-state index >= 15 is 0 Å². The normalized spacial score (nSPS) is 11.7. The van der Waals surface area contributed by atoms with Crippen LogP contribution in [0.3, 0.4) is 0 Å². The van der Waals surface area contributed by atoms with Crippen molar-refractivity contribution < 1.29 is 4.74 Å². The van der Waals surface area contributed by atoms with Gasteiger partial charge in [0.2, 0.25) is 0 Å². The van der Waals surface area contributed by atoms with Crippen molar-refractivity contribution in [3.05, 3.63) is 65.2 Å². The molecule has 0 aliphatic carbocycles. The molecule has 0 bridgehead atoms. The van der Waals surface area contributed by atoms with Gasteiger partial charge in [-0.15, -0.1) is 0 Å². The Hall–Kier alpha value is -2.31. The van der Waals surface area contributed by atoms with Crippen molar-refractivity contribution in [3.63, 3.8) is 0 Å². The fourth-order valence-electron chi connectivity index (χ4n) is 2.10. The number of nitrogens with zero attached hydrogens (tertiary/aromatic N) is 1. The highest BCUT2D eigenvalue weighted by molar-refractivity contribution is 5.36. The summed E-state index contributed by atoms with van der Waals surface area (Å²) in [6.07, 6.45) is 0. The Balaban J connectivity index is 2.01. The van der Waals surface area contributed by atoms with Crippen molar-refractivity contribution in [3.8, 4) is 11.8 Å². The molecule has 0 saturated carbocycles. The Bertz CT molecular complexity index is 599. The van der Waals surface area contributed by atoms with Crippen LogP contribution in [0.1, 0.15) is 29.7 Å². The van der Waals surface area contributed by atoms with Gasteiger partial charge in [-0.3, -0.25) is 0 Å². The standard InChI is InChI=1S/C17H18N2O/c1-13(16-5-3-4-6-17(16)20-2)19-12-15-9-7-14(11-18)8-10-15/h3-10,13,19H,12H2,1-2H3. The summed E-state index contributed by atoms with van der Waals surface area (Å²) in [6.45, 7) is 2.87. The molecule has 1 N–H and O–H groups in total. The monoisotopic (exact) mass is 266 g/mol. The molecular weight excluding hydrogens is 248 g/mol. The highest BCUT2D eigenvalue weighted by atomic mass is 16.5. The summed E-state index contributed by atoms with van der Waals surface area (Å²) < 4.78 is 5.37. The second kappa shape index (κ2) is 6.74. The van der Waals surface area contributed by atoms with Gasteiger partial charge >= 0.3 is 0 Å². The molecule has 3 nitrogen and oxygen atoms in total. The quantitative estimate of drug-likeness (QED) is 0.902. The molecule has 0 fully saturated rings. The molecule has 0 aliphatic rings. The van der Waals surface area contributed by atoms with E-state index in [2.05, 4.69) is 24.4 Å². The first kappa shape index (κ1) is 14.1. The molecule has 0 aromatic heterocycles. The summed E-state index contributed by atoms with van der Waals surface area (Å²) in [5.41, 5.74) is 2.99. The molecule has 102 valence electrons. The van der Waals surface area contributed by atoms with Gasteiger partial charge in [-0.1, -0.05) is 30.3 Å². The average Bonchev–Trinajstić information content (AvgIpc) is 2.53. The first-order valence-corrected chi connectivity index (χ1v) is 6.60. The van der Waals surface area contributed by atoms with Crippen molar-refractivity contribution >= 4 is 0 Å². The summed E-state index contributed by atoms with van der Waals surface area (Å²) in [5, 5.41) is 12.2. The Morgan fingerprint density at radius 3 is 2.50 bits per heavy atom. The first-order valence-electron chi connectivity index (χ1n) is 6.60. The number of methoxy groups -OCH3 is 1. The minimum atomic E-state index is 0.196. The van der Waals surface area contributed by atoms with Crippen LogP contribution in [0.25, 0.3) is 0 Å². The van der Waals surface area contributed by atoms with Crippen LogP contribution in [0.15, 0.2) is 48.5 Å². The van der Waals surface area contributed by atoms with Crippen molar-refractivity contribution in [2.24, 2.45) is 0 Å². The fraction of sp³-hybridized carbons (Fsp3) is 0.235. The lowest BCUT2D eigenvalue weighted by Crippen LogP contribution is -2.18. The average molecular weight is 266 g/mol. The van der Waals surface area contributed by atoms with E-state index < -0.39 is 0 Å². The number of ether oxygens (including phenoxy) is 1. The summed E-state index contributed by atoms with van der Waals surface area (Å²) in [4.78, 5) is 0. The van der Waals surface area contributed by atoms with Crippen LogP contribution in [0.5, 0.6) is 5.75 Å². The molecule has 3 heteroatoms. The minimum Gasteiger partial charge on any atom is -0.496 e. The summed E-state index contributed by atoms with van der Waals surface area (Å²) >= 11 is 0. The van der Waals surface area contributed by atoms with Gasteiger partial charge in [-0.05, 0) is 30.7 Å². The van der Waals surface area contributed by atoms with Crippen LogP contribution >= 0.6 is 0 Å². The van der Waals surface area contributed by atoms with Gasteiger partial charge in [-0.25, -0.2) is 0 Å². The van der Waals surface area contributed by atoms with Crippen molar-refractivity contribution in [1.82, 2.24) is 5.32 Å². The van der Waals surface area contributed by atoms with Gasteiger partial charge in [-0.2, -0.15) is 5.26 Å². The van der Waals surface area contributed by atoms with E-state index in [0.717, 1.165) is 23.4 Å². The van der Waals surface area contributed by atoms with Crippen molar-refractivity contribution in [2.45, 2.75) is 19.5 Å². The van der Waals surface area contributed by atoms with Crippen LogP contribution in [-0.2, 0) is 6.54 Å². The third-order valence-electron chi connectivity index (χ3n) is 3.30. The van der Waals surface area contributed by atoms with Crippen LogP contribution < -0.4 is 10.1 Å². The van der Waals surface area contributed by atoms with E-state index in [9.17, 15) is 0 Å². The van der Waals surface area contributed by atoms with E-state index in [0.29, 0.717) is 5.56 Å². The second-order valence-electron chi connectivity index (χ2n) is 4.65. The van der Waals surface area contributed by atoms with Crippen LogP contribution in [-0.4, -0.2) is 7.11 Å². The number of hydrogen-bond acceptors (Lipinski definition) is 3. The van der Waals surface area contributed by atoms with Crippen LogP contribution in [0.2, 0.25) is 0 Å².